The Morgan fingerprint density at radius 3 is 2.60 bits per heavy atom. The maximum absolute atomic E-state index is 4.55. The van der Waals surface area contributed by atoms with Crippen LogP contribution in [0.2, 0.25) is 0 Å². The van der Waals surface area contributed by atoms with Crippen molar-refractivity contribution in [2.45, 2.75) is 26.3 Å². The highest BCUT2D eigenvalue weighted by Gasteiger charge is 2.07. The average molecular weight is 411 g/mol. The number of anilines is 1. The molecule has 0 aromatic carbocycles. The summed E-state index contributed by atoms with van der Waals surface area (Å²) in [5.41, 5.74) is 1.05. The highest BCUT2D eigenvalue weighted by Crippen LogP contribution is 2.17. The molecule has 1 aromatic heterocycles. The predicted molar refractivity (Wildman–Crippen MR) is 99.6 cm³/mol. The standard InChI is InChI=1S/C13H25N5S.HI/c1-6-7-8-18(5)12(14-2)15-9-11-10-19-13(16-11)17(3)4;/h10H,6-9H2,1-5H3,(H,14,15);1H. The molecule has 0 aliphatic heterocycles. The first kappa shape index (κ1) is 19.4. The van der Waals surface area contributed by atoms with Gasteiger partial charge in [-0.3, -0.25) is 4.99 Å². The number of rotatable bonds is 6. The molecular formula is C13H26IN5S. The summed E-state index contributed by atoms with van der Waals surface area (Å²) in [6.45, 7) is 3.94. The van der Waals surface area contributed by atoms with Crippen molar-refractivity contribution >= 4 is 46.4 Å². The number of aromatic nitrogens is 1. The molecule has 0 saturated heterocycles. The van der Waals surface area contributed by atoms with Crippen molar-refractivity contribution in [3.05, 3.63) is 11.1 Å². The molecule has 0 aliphatic rings. The van der Waals surface area contributed by atoms with E-state index in [-0.39, 0.29) is 24.0 Å². The number of aliphatic imine (C=N–C) groups is 1. The van der Waals surface area contributed by atoms with Crippen molar-refractivity contribution in [2.75, 3.05) is 39.6 Å². The van der Waals surface area contributed by atoms with Crippen LogP contribution < -0.4 is 10.2 Å². The zero-order chi connectivity index (χ0) is 14.3. The molecule has 0 aliphatic carbocycles. The van der Waals surface area contributed by atoms with Crippen molar-refractivity contribution in [1.29, 1.82) is 0 Å². The molecule has 0 radical (unpaired) electrons. The minimum Gasteiger partial charge on any atom is -0.354 e. The second-order valence-corrected chi connectivity index (χ2v) is 5.53. The average Bonchev–Trinajstić information content (AvgIpc) is 2.86. The Labute approximate surface area is 143 Å². The monoisotopic (exact) mass is 411 g/mol. The fraction of sp³-hybridized carbons (Fsp3) is 0.692. The van der Waals surface area contributed by atoms with Gasteiger partial charge in [0.15, 0.2) is 11.1 Å². The van der Waals surface area contributed by atoms with Gasteiger partial charge in [-0.15, -0.1) is 35.3 Å². The largest absolute Gasteiger partial charge is 0.354 e. The Morgan fingerprint density at radius 1 is 1.40 bits per heavy atom. The van der Waals surface area contributed by atoms with Crippen LogP contribution in [-0.2, 0) is 6.54 Å². The van der Waals surface area contributed by atoms with E-state index >= 15 is 0 Å². The van der Waals surface area contributed by atoms with Crippen LogP contribution in [0.5, 0.6) is 0 Å². The molecule has 0 fully saturated rings. The lowest BCUT2D eigenvalue weighted by Crippen LogP contribution is -2.39. The van der Waals surface area contributed by atoms with Gasteiger partial charge in [-0.1, -0.05) is 13.3 Å². The Kier molecular flexibility index (Phi) is 9.91. The Hall–Kier alpha value is -0.570. The molecule has 20 heavy (non-hydrogen) atoms. The van der Waals surface area contributed by atoms with Gasteiger partial charge in [-0.25, -0.2) is 4.98 Å². The topological polar surface area (TPSA) is 43.8 Å². The molecule has 116 valence electrons. The Morgan fingerprint density at radius 2 is 2.10 bits per heavy atom. The molecule has 1 heterocycles. The van der Waals surface area contributed by atoms with Crippen LogP contribution in [0.4, 0.5) is 5.13 Å². The van der Waals surface area contributed by atoms with E-state index in [0.29, 0.717) is 6.54 Å². The van der Waals surface area contributed by atoms with E-state index in [9.17, 15) is 0 Å². The molecule has 0 saturated carbocycles. The van der Waals surface area contributed by atoms with Gasteiger partial charge in [0.25, 0.3) is 0 Å². The molecule has 7 heteroatoms. The first-order valence-corrected chi connectivity index (χ1v) is 7.50. The smallest absolute Gasteiger partial charge is 0.193 e. The lowest BCUT2D eigenvalue weighted by atomic mass is 10.3. The zero-order valence-electron chi connectivity index (χ0n) is 13.0. The van der Waals surface area contributed by atoms with E-state index in [1.54, 1.807) is 11.3 Å². The van der Waals surface area contributed by atoms with E-state index in [4.69, 9.17) is 0 Å². The molecule has 0 spiro atoms. The predicted octanol–water partition coefficient (Wildman–Crippen LogP) is 2.63. The van der Waals surface area contributed by atoms with Crippen LogP contribution in [0.1, 0.15) is 25.5 Å². The van der Waals surface area contributed by atoms with Gasteiger partial charge in [0, 0.05) is 40.1 Å². The molecule has 1 aromatic rings. The van der Waals surface area contributed by atoms with Crippen molar-refractivity contribution in [1.82, 2.24) is 15.2 Å². The van der Waals surface area contributed by atoms with E-state index in [2.05, 4.69) is 39.5 Å². The van der Waals surface area contributed by atoms with Crippen molar-refractivity contribution in [3.8, 4) is 0 Å². The maximum Gasteiger partial charge on any atom is 0.193 e. The number of hydrogen-bond acceptors (Lipinski definition) is 4. The quantitative estimate of drug-likeness (QED) is 0.444. The minimum atomic E-state index is 0. The third-order valence-electron chi connectivity index (χ3n) is 2.77. The van der Waals surface area contributed by atoms with E-state index in [1.165, 1.54) is 12.8 Å². The van der Waals surface area contributed by atoms with Gasteiger partial charge in [0.05, 0.1) is 12.2 Å². The van der Waals surface area contributed by atoms with Crippen molar-refractivity contribution in [3.63, 3.8) is 0 Å². The number of halogens is 1. The first-order valence-electron chi connectivity index (χ1n) is 6.62. The van der Waals surface area contributed by atoms with Crippen molar-refractivity contribution < 1.29 is 0 Å². The lowest BCUT2D eigenvalue weighted by Gasteiger charge is -2.21. The number of nitrogens with zero attached hydrogens (tertiary/aromatic N) is 4. The maximum atomic E-state index is 4.55. The summed E-state index contributed by atoms with van der Waals surface area (Å²) in [6, 6.07) is 0. The van der Waals surface area contributed by atoms with Gasteiger partial charge in [0.1, 0.15) is 0 Å². The second kappa shape index (κ2) is 10.2. The molecule has 0 atom stereocenters. The molecule has 1 N–H and O–H groups in total. The van der Waals surface area contributed by atoms with E-state index in [1.807, 2.05) is 26.0 Å². The Balaban J connectivity index is 0.00000361. The van der Waals surface area contributed by atoms with E-state index < -0.39 is 0 Å². The van der Waals surface area contributed by atoms with Crippen LogP contribution in [-0.4, -0.2) is 50.6 Å². The summed E-state index contributed by atoms with van der Waals surface area (Å²) in [6.07, 6.45) is 2.37. The van der Waals surface area contributed by atoms with Crippen LogP contribution in [0.15, 0.2) is 10.4 Å². The summed E-state index contributed by atoms with van der Waals surface area (Å²) < 4.78 is 0. The highest BCUT2D eigenvalue weighted by atomic mass is 127. The molecule has 1 rings (SSSR count). The number of unbranched alkanes of at least 4 members (excludes halogenated alkanes) is 1. The summed E-state index contributed by atoms with van der Waals surface area (Å²) >= 11 is 1.66. The van der Waals surface area contributed by atoms with Gasteiger partial charge < -0.3 is 15.1 Å². The SMILES string of the molecule is CCCCN(C)C(=NC)NCc1csc(N(C)C)n1.I. The summed E-state index contributed by atoms with van der Waals surface area (Å²) in [4.78, 5) is 13.0. The molecule has 0 bridgehead atoms. The van der Waals surface area contributed by atoms with Crippen molar-refractivity contribution in [2.24, 2.45) is 4.99 Å². The van der Waals surface area contributed by atoms with Crippen LogP contribution in [0, 0.1) is 0 Å². The van der Waals surface area contributed by atoms with Gasteiger partial charge >= 0.3 is 0 Å². The summed E-state index contributed by atoms with van der Waals surface area (Å²) in [5, 5.41) is 6.47. The van der Waals surface area contributed by atoms with Gasteiger partial charge in [-0.05, 0) is 6.42 Å². The van der Waals surface area contributed by atoms with Gasteiger partial charge in [-0.2, -0.15) is 0 Å². The Bertz CT molecular complexity index is 405. The number of thiazole rings is 1. The second-order valence-electron chi connectivity index (χ2n) is 4.69. The van der Waals surface area contributed by atoms with Crippen LogP contribution >= 0.6 is 35.3 Å². The third kappa shape index (κ3) is 6.25. The normalized spacial score (nSPS) is 10.9. The minimum absolute atomic E-state index is 0. The fourth-order valence-corrected chi connectivity index (χ4v) is 2.40. The molecule has 0 amide bonds. The summed E-state index contributed by atoms with van der Waals surface area (Å²) in [7, 11) is 7.90. The van der Waals surface area contributed by atoms with Gasteiger partial charge in [0.2, 0.25) is 0 Å². The third-order valence-corrected chi connectivity index (χ3v) is 3.83. The fourth-order valence-electron chi connectivity index (χ4n) is 1.64. The summed E-state index contributed by atoms with van der Waals surface area (Å²) in [5.74, 6) is 0.924. The van der Waals surface area contributed by atoms with Crippen LogP contribution in [0.3, 0.4) is 0 Å². The molecule has 5 nitrogen and oxygen atoms in total. The molecule has 0 unspecified atom stereocenters. The number of nitrogens with one attached hydrogen (secondary N) is 1. The lowest BCUT2D eigenvalue weighted by molar-refractivity contribution is 0.464. The van der Waals surface area contributed by atoms with Crippen LogP contribution in [0.25, 0.3) is 0 Å². The highest BCUT2D eigenvalue weighted by molar-refractivity contribution is 14.0. The first-order chi connectivity index (χ1) is 9.08. The number of guanidine groups is 1. The molecular weight excluding hydrogens is 385 g/mol. The number of hydrogen-bond donors (Lipinski definition) is 1. The zero-order valence-corrected chi connectivity index (χ0v) is 16.2. The van der Waals surface area contributed by atoms with E-state index in [0.717, 1.165) is 23.3 Å².